The number of aromatic nitrogens is 2. The summed E-state index contributed by atoms with van der Waals surface area (Å²) >= 11 is 1.65. The summed E-state index contributed by atoms with van der Waals surface area (Å²) in [4.78, 5) is 10.8. The number of pyridine rings is 2. The number of nitrogens with zero attached hydrogens (tertiary/aromatic N) is 2. The first-order chi connectivity index (χ1) is 18.5. The van der Waals surface area contributed by atoms with E-state index in [4.69, 9.17) is 4.98 Å². The molecule has 0 aliphatic rings. The zero-order valence-electron chi connectivity index (χ0n) is 21.2. The van der Waals surface area contributed by atoms with E-state index in [0.29, 0.717) is 0 Å². The van der Waals surface area contributed by atoms with Crippen LogP contribution in [0.5, 0.6) is 5.75 Å². The molecule has 0 bridgehead atoms. The molecule has 0 radical (unpaired) electrons. The molecule has 6 rings (SSSR count). The molecule has 0 saturated heterocycles. The van der Waals surface area contributed by atoms with Gasteiger partial charge in [-0.05, 0) is 77.9 Å². The van der Waals surface area contributed by atoms with Crippen molar-refractivity contribution < 1.29 is 5.11 Å². The van der Waals surface area contributed by atoms with E-state index in [1.54, 1.807) is 11.8 Å². The first-order valence-electron chi connectivity index (χ1n) is 12.6. The molecule has 38 heavy (non-hydrogen) atoms. The molecule has 0 amide bonds. The topological polar surface area (TPSA) is 46.0 Å². The van der Waals surface area contributed by atoms with Crippen LogP contribution in [0.2, 0.25) is 0 Å². The summed E-state index contributed by atoms with van der Waals surface area (Å²) in [6.07, 6.45) is 1.86. The molecular formula is C34H26N2OS. The number of fused-ring (bicyclic) bond motifs is 1. The number of phenols is 1. The van der Waals surface area contributed by atoms with Crippen molar-refractivity contribution in [2.75, 3.05) is 0 Å². The number of rotatable bonds is 5. The van der Waals surface area contributed by atoms with Crippen molar-refractivity contribution >= 4 is 22.5 Å². The highest BCUT2D eigenvalue weighted by Gasteiger charge is 2.14. The third-order valence-corrected chi connectivity index (χ3v) is 7.64. The largest absolute Gasteiger partial charge is 0.507 e. The summed E-state index contributed by atoms with van der Waals surface area (Å²) < 4.78 is 0. The van der Waals surface area contributed by atoms with Crippen molar-refractivity contribution in [3.05, 3.63) is 127 Å². The van der Waals surface area contributed by atoms with Crippen LogP contribution in [0.25, 0.3) is 44.4 Å². The summed E-state index contributed by atoms with van der Waals surface area (Å²) in [5.74, 6) is 0.269. The molecule has 0 aliphatic carbocycles. The summed E-state index contributed by atoms with van der Waals surface area (Å²) in [5.41, 5.74) is 7.45. The second-order valence-corrected chi connectivity index (χ2v) is 10.5. The minimum Gasteiger partial charge on any atom is -0.507 e. The van der Waals surface area contributed by atoms with Gasteiger partial charge >= 0.3 is 0 Å². The van der Waals surface area contributed by atoms with Crippen LogP contribution in [-0.2, 0) is 0 Å². The van der Waals surface area contributed by atoms with Gasteiger partial charge in [-0.1, -0.05) is 84.6 Å². The maximum Gasteiger partial charge on any atom is 0.127 e. The third kappa shape index (κ3) is 4.79. The summed E-state index contributed by atoms with van der Waals surface area (Å²) in [6, 6.07) is 37.3. The lowest BCUT2D eigenvalue weighted by atomic mass is 9.97. The SMILES string of the molecule is Cc1cc(C)c(O)c(-c2cc(-c3ccccc3)cc(-c3cccc(Sc4nccc5ccccc45)c3)n2)c1. The van der Waals surface area contributed by atoms with Gasteiger partial charge in [-0.3, -0.25) is 0 Å². The van der Waals surface area contributed by atoms with Crippen molar-refractivity contribution in [3.8, 4) is 39.4 Å². The number of benzene rings is 4. The molecule has 0 unspecified atom stereocenters. The second-order valence-electron chi connectivity index (χ2n) is 9.44. The van der Waals surface area contributed by atoms with Gasteiger partial charge in [-0.15, -0.1) is 0 Å². The van der Waals surface area contributed by atoms with E-state index >= 15 is 0 Å². The van der Waals surface area contributed by atoms with Gasteiger partial charge in [0.1, 0.15) is 10.8 Å². The van der Waals surface area contributed by atoms with Gasteiger partial charge in [0.2, 0.25) is 0 Å². The second kappa shape index (κ2) is 10.2. The first kappa shape index (κ1) is 24.0. The Hall–Kier alpha value is -4.41. The first-order valence-corrected chi connectivity index (χ1v) is 13.4. The molecule has 0 spiro atoms. The Kier molecular flexibility index (Phi) is 6.40. The number of phenolic OH excluding ortho intramolecular Hbond substituents is 1. The number of hydrogen-bond acceptors (Lipinski definition) is 4. The molecule has 3 nitrogen and oxygen atoms in total. The van der Waals surface area contributed by atoms with Gasteiger partial charge in [0, 0.05) is 27.6 Å². The standard InChI is InChI=1S/C34H26N2OS/c1-22-17-23(2)33(37)30(18-22)32-21-27(24-9-4-3-5-10-24)20-31(36-32)26-12-8-13-28(19-26)38-34-29-14-7-6-11-25(29)15-16-35-34/h3-21,37H,1-2H3. The molecule has 1 N–H and O–H groups in total. The van der Waals surface area contributed by atoms with Crippen LogP contribution in [0.4, 0.5) is 0 Å². The smallest absolute Gasteiger partial charge is 0.127 e. The fourth-order valence-electron chi connectivity index (χ4n) is 4.77. The van der Waals surface area contributed by atoms with Gasteiger partial charge in [0.05, 0.1) is 11.4 Å². The Labute approximate surface area is 226 Å². The molecule has 184 valence electrons. The minimum atomic E-state index is 0.269. The van der Waals surface area contributed by atoms with Crippen molar-refractivity contribution in [1.82, 2.24) is 9.97 Å². The molecule has 2 heterocycles. The molecule has 4 heteroatoms. The van der Waals surface area contributed by atoms with E-state index in [0.717, 1.165) is 60.1 Å². The molecule has 0 saturated carbocycles. The van der Waals surface area contributed by atoms with E-state index in [2.05, 4.69) is 65.6 Å². The predicted molar refractivity (Wildman–Crippen MR) is 158 cm³/mol. The van der Waals surface area contributed by atoms with E-state index in [-0.39, 0.29) is 5.75 Å². The number of hydrogen-bond donors (Lipinski definition) is 1. The number of aromatic hydroxyl groups is 1. The van der Waals surface area contributed by atoms with Gasteiger partial charge < -0.3 is 5.11 Å². The molecule has 6 aromatic rings. The van der Waals surface area contributed by atoms with Gasteiger partial charge in [-0.25, -0.2) is 9.97 Å². The zero-order chi connectivity index (χ0) is 26.1. The maximum atomic E-state index is 10.9. The lowest BCUT2D eigenvalue weighted by molar-refractivity contribution is 0.473. The summed E-state index contributed by atoms with van der Waals surface area (Å²) in [6.45, 7) is 3.97. The molecule has 0 atom stereocenters. The lowest BCUT2D eigenvalue weighted by Crippen LogP contribution is -1.93. The van der Waals surface area contributed by atoms with Gasteiger partial charge in [-0.2, -0.15) is 0 Å². The molecule has 4 aromatic carbocycles. The molecule has 0 aliphatic heterocycles. The average molecular weight is 511 g/mol. The van der Waals surface area contributed by atoms with Gasteiger partial charge in [0.15, 0.2) is 0 Å². The highest BCUT2D eigenvalue weighted by molar-refractivity contribution is 7.99. The quantitative estimate of drug-likeness (QED) is 0.251. The van der Waals surface area contributed by atoms with Crippen molar-refractivity contribution in [1.29, 1.82) is 0 Å². The normalized spacial score (nSPS) is 11.1. The molecule has 0 fully saturated rings. The van der Waals surface area contributed by atoms with E-state index in [9.17, 15) is 5.11 Å². The molecular weight excluding hydrogens is 484 g/mol. The van der Waals surface area contributed by atoms with Crippen LogP contribution in [-0.4, -0.2) is 15.1 Å². The third-order valence-electron chi connectivity index (χ3n) is 6.63. The Morgan fingerprint density at radius 1 is 0.658 bits per heavy atom. The Morgan fingerprint density at radius 2 is 1.42 bits per heavy atom. The van der Waals surface area contributed by atoms with Gasteiger partial charge in [0.25, 0.3) is 0 Å². The Morgan fingerprint density at radius 3 is 2.29 bits per heavy atom. The van der Waals surface area contributed by atoms with Crippen LogP contribution < -0.4 is 0 Å². The highest BCUT2D eigenvalue weighted by Crippen LogP contribution is 2.38. The van der Waals surface area contributed by atoms with Crippen molar-refractivity contribution in [3.63, 3.8) is 0 Å². The van der Waals surface area contributed by atoms with E-state index in [1.807, 2.05) is 68.6 Å². The number of aryl methyl sites for hydroxylation is 2. The van der Waals surface area contributed by atoms with E-state index < -0.39 is 0 Å². The van der Waals surface area contributed by atoms with Crippen LogP contribution in [0.15, 0.2) is 125 Å². The fraction of sp³-hybridized carbons (Fsp3) is 0.0588. The summed E-state index contributed by atoms with van der Waals surface area (Å²) in [7, 11) is 0. The molecule has 2 aromatic heterocycles. The zero-order valence-corrected chi connectivity index (χ0v) is 22.0. The summed E-state index contributed by atoms with van der Waals surface area (Å²) in [5, 5.41) is 14.2. The predicted octanol–water partition coefficient (Wildman–Crippen LogP) is 9.10. The Bertz CT molecular complexity index is 1770. The minimum absolute atomic E-state index is 0.269. The van der Waals surface area contributed by atoms with E-state index in [1.165, 1.54) is 5.39 Å². The maximum absolute atomic E-state index is 10.9. The average Bonchev–Trinajstić information content (AvgIpc) is 2.95. The van der Waals surface area contributed by atoms with Crippen LogP contribution >= 0.6 is 11.8 Å². The van der Waals surface area contributed by atoms with Crippen molar-refractivity contribution in [2.45, 2.75) is 23.8 Å². The van der Waals surface area contributed by atoms with Crippen LogP contribution in [0.3, 0.4) is 0 Å². The van der Waals surface area contributed by atoms with Crippen LogP contribution in [0, 0.1) is 13.8 Å². The monoisotopic (exact) mass is 510 g/mol. The Balaban J connectivity index is 1.47. The highest BCUT2D eigenvalue weighted by atomic mass is 32.2. The van der Waals surface area contributed by atoms with Crippen molar-refractivity contribution in [2.24, 2.45) is 0 Å². The lowest BCUT2D eigenvalue weighted by Gasteiger charge is -2.13. The fourth-order valence-corrected chi connectivity index (χ4v) is 5.74. The van der Waals surface area contributed by atoms with Crippen LogP contribution in [0.1, 0.15) is 11.1 Å².